The van der Waals surface area contributed by atoms with Crippen LogP contribution in [-0.2, 0) is 35.4 Å². The third kappa shape index (κ3) is 24.1. The van der Waals surface area contributed by atoms with Crippen molar-refractivity contribution < 1.29 is 71.8 Å². The number of aryl methyl sites for hydroxylation is 3. The van der Waals surface area contributed by atoms with E-state index in [0.717, 1.165) is 16.6 Å². The number of aromatic amines is 3. The van der Waals surface area contributed by atoms with Gasteiger partial charge in [-0.2, -0.15) is 28.8 Å². The van der Waals surface area contributed by atoms with Crippen molar-refractivity contribution >= 4 is 69.2 Å². The first-order chi connectivity index (χ1) is 36.3. The normalized spacial score (nSPS) is 8.70. The molecule has 0 aliphatic heterocycles. The molecule has 0 aliphatic rings. The number of nitrogens with one attached hydrogen (secondary N) is 3. The summed E-state index contributed by atoms with van der Waals surface area (Å²) in [6, 6.07) is 25.6. The number of carbonyl (C=O) groups is 1. The van der Waals surface area contributed by atoms with Crippen LogP contribution in [-0.4, -0.2) is 85.9 Å². The van der Waals surface area contributed by atoms with Crippen molar-refractivity contribution in [2.24, 2.45) is 0 Å². The van der Waals surface area contributed by atoms with Crippen LogP contribution in [0.2, 0.25) is 0 Å². The number of aliphatic hydroxyl groups is 1. The summed E-state index contributed by atoms with van der Waals surface area (Å²) in [5, 5.41) is 37.3. The number of aromatic nitrogens is 7. The fraction of sp³-hybridized carbons (Fsp3) is 0.189. The Morgan fingerprint density at radius 1 is 0.617 bits per heavy atom. The van der Waals surface area contributed by atoms with Gasteiger partial charge in [-0.05, 0) is 67.8 Å². The average molecular weight is 1130 g/mol. The molecule has 5 aromatic carbocycles. The molecule has 81 heavy (non-hydrogen) atoms. The highest BCUT2D eigenvalue weighted by Crippen LogP contribution is 2.28. The van der Waals surface area contributed by atoms with Gasteiger partial charge in [0.25, 0.3) is 0 Å². The van der Waals surface area contributed by atoms with E-state index in [4.69, 9.17) is 67.8 Å². The maximum Gasteiger partial charge on any atom is 0.417 e. The molecule has 0 saturated carbocycles. The van der Waals surface area contributed by atoms with E-state index in [0.29, 0.717) is 50.3 Å². The Labute approximate surface area is 460 Å². The number of nitrogens with zero attached hydrogens (tertiary/aromatic N) is 5. The van der Waals surface area contributed by atoms with Gasteiger partial charge in [0, 0.05) is 36.4 Å². The molecule has 0 radical (unpaired) electrons. The molecule has 28 heteroatoms. The van der Waals surface area contributed by atoms with Crippen LogP contribution in [0.5, 0.6) is 17.2 Å². The number of H-pyrrole nitrogens is 3. The summed E-state index contributed by atoms with van der Waals surface area (Å²) in [6.45, 7) is 5.20. The Hall–Kier alpha value is -11.3. The van der Waals surface area contributed by atoms with E-state index >= 15 is 0 Å². The predicted molar refractivity (Wildman–Crippen MR) is 294 cm³/mol. The van der Waals surface area contributed by atoms with E-state index in [1.54, 1.807) is 80.2 Å². The maximum absolute atomic E-state index is 11.4. The van der Waals surface area contributed by atoms with Crippen molar-refractivity contribution in [3.63, 3.8) is 0 Å². The number of anilines is 1. The van der Waals surface area contributed by atoms with Crippen molar-refractivity contribution in [3.05, 3.63) is 192 Å². The van der Waals surface area contributed by atoms with Crippen molar-refractivity contribution in [2.75, 3.05) is 12.8 Å². The number of imidazole rings is 2. The second kappa shape index (κ2) is 40.0. The van der Waals surface area contributed by atoms with Gasteiger partial charge in [0.1, 0.15) is 18.4 Å². The minimum atomic E-state index is -0.609. The molecule has 0 aliphatic carbocycles. The number of ether oxygens (including phenoxy) is 1. The first-order valence-corrected chi connectivity index (χ1v) is 20.8. The fourth-order valence-electron chi connectivity index (χ4n) is 5.73. The Morgan fingerprint density at radius 2 is 1.00 bits per heavy atom. The summed E-state index contributed by atoms with van der Waals surface area (Å²) in [4.78, 5) is 117. The van der Waals surface area contributed by atoms with E-state index in [2.05, 4.69) is 24.9 Å². The number of nitro benzene ring substituents is 1. The van der Waals surface area contributed by atoms with Crippen molar-refractivity contribution in [1.82, 2.24) is 34.1 Å². The van der Waals surface area contributed by atoms with Gasteiger partial charge in [-0.15, -0.1) is 0 Å². The largest absolute Gasteiger partial charge is 0.506 e. The first kappa shape index (κ1) is 76.2. The van der Waals surface area contributed by atoms with Crippen LogP contribution >= 0.6 is 0 Å². The summed E-state index contributed by atoms with van der Waals surface area (Å²) in [5.41, 5.74) is 12.1. The van der Waals surface area contributed by atoms with Crippen LogP contribution < -0.4 is 27.7 Å². The monoisotopic (exact) mass is 1130 g/mol. The number of hydrogen-bond acceptors (Lipinski definition) is 22. The summed E-state index contributed by atoms with van der Waals surface area (Å²) < 4.78 is 22.3. The number of nitrogen functional groups attached to an aromatic ring is 1. The molecule has 10 rings (SSSR count). The number of hydrogen-bond donors (Lipinski definition) is 7. The fourth-order valence-corrected chi connectivity index (χ4v) is 5.73. The van der Waals surface area contributed by atoms with Gasteiger partial charge in [-0.1, -0.05) is 91.7 Å². The lowest BCUT2D eigenvalue weighted by Gasteiger charge is -1.99. The molecule has 28 nitrogen and oxygen atoms in total. The maximum atomic E-state index is 11.4. The molecule has 8 N–H and O–H groups in total. The van der Waals surface area contributed by atoms with Crippen LogP contribution in [0, 0.1) is 30.9 Å². The number of aliphatic hydroxyl groups excluding tert-OH is 1. The number of benzene rings is 5. The highest BCUT2D eigenvalue weighted by Gasteiger charge is 2.13. The van der Waals surface area contributed by atoms with Gasteiger partial charge < -0.3 is 39.0 Å². The molecule has 0 fully saturated rings. The number of fused-ring (bicyclic) bond motifs is 3. The average Bonchev–Trinajstić information content (AvgIpc) is 4.27. The smallest absolute Gasteiger partial charge is 0.417 e. The highest BCUT2D eigenvalue weighted by molar-refractivity contribution is 5.79. The van der Waals surface area contributed by atoms with Crippen LogP contribution in [0.1, 0.15) is 59.4 Å². The number of para-hydroxylation sites is 5. The third-order valence-electron chi connectivity index (χ3n) is 9.10. The molecule has 5 heterocycles. The standard InChI is InChI=1S/2C8H7NO3.C8H7NO2.C7H6N4O.C7H7NO3.C7H9NO.3CO2.5CH4/c1-11-6-4-2-3-5-7(6)12-8(10)9-5;10-4-5-2-1-3-6-7(5)12-8(11)9-6;1-5-3-2-4-6-7(5)11-8(10)9-6;12-7(10-3-1-8-5-10)11-4-2-9-6-11;1-5-3-2-4-6(7(5)9)8(10)11;1-5-3-2-4-6(8)7(5)9;3*2-1-3;;;;;/h2-4H,1H3,(H,9,10);1-3,10H,4H2,(H,9,11);2-4H,1H3,(H,9,10);1-6H;2-4,9H,1H3;2-4,9H,8H2,1H3;;;;5*1H4. The van der Waals surface area contributed by atoms with Gasteiger partial charge in [0.15, 0.2) is 28.2 Å². The number of methoxy groups -OCH3 is 1. The van der Waals surface area contributed by atoms with Gasteiger partial charge in [-0.3, -0.25) is 34.2 Å². The summed E-state index contributed by atoms with van der Waals surface area (Å²) in [7, 11) is 1.53. The predicted octanol–water partition coefficient (Wildman–Crippen LogP) is 8.09. The van der Waals surface area contributed by atoms with Gasteiger partial charge in [0.2, 0.25) is 0 Å². The van der Waals surface area contributed by atoms with Gasteiger partial charge in [0.05, 0.1) is 40.9 Å². The van der Waals surface area contributed by atoms with E-state index < -0.39 is 22.2 Å². The molecule has 0 atom stereocenters. The van der Waals surface area contributed by atoms with Crippen LogP contribution in [0.3, 0.4) is 0 Å². The lowest BCUT2D eigenvalue weighted by molar-refractivity contribution is -0.385. The minimum Gasteiger partial charge on any atom is -0.506 e. The topological polar surface area (TPSA) is 432 Å². The summed E-state index contributed by atoms with van der Waals surface area (Å²) in [5.74, 6) is -0.851. The van der Waals surface area contributed by atoms with E-state index in [9.17, 15) is 29.3 Å². The minimum absolute atomic E-state index is 0. The third-order valence-corrected chi connectivity index (χ3v) is 9.10. The molecule has 0 bridgehead atoms. The number of nitrogens with two attached hydrogens (primary N) is 1. The van der Waals surface area contributed by atoms with Crippen molar-refractivity contribution in [2.45, 2.75) is 64.5 Å². The Bertz CT molecular complexity index is 3530. The number of rotatable bonds is 3. The molecule has 0 amide bonds. The SMILES string of the molecule is C.C.C.C.C.COc1cccc2[nH]c(=O)oc12.Cc1cccc(N)c1O.Cc1cccc([N+](=O)[O-])c1O.Cc1cccc2[nH]c(=O)oc12.O=C(n1ccnc1)n1ccnc1.O=C=O.O=C=O.O=C=O.O=c1[nH]c2cccc(CO)c2o1. The number of oxazole rings is 3. The van der Waals surface area contributed by atoms with Crippen molar-refractivity contribution in [1.29, 1.82) is 0 Å². The molecule has 0 spiro atoms. The zero-order valence-electron chi connectivity index (χ0n) is 40.0. The van der Waals surface area contributed by atoms with Crippen LogP contribution in [0.4, 0.5) is 16.2 Å². The second-order valence-electron chi connectivity index (χ2n) is 14.0. The zero-order chi connectivity index (χ0) is 56.7. The lowest BCUT2D eigenvalue weighted by Crippen LogP contribution is -2.15. The molecule has 5 aromatic heterocycles. The highest BCUT2D eigenvalue weighted by atomic mass is 16.6. The van der Waals surface area contributed by atoms with Crippen molar-refractivity contribution in [3.8, 4) is 17.2 Å². The number of aromatic hydroxyl groups is 2. The zero-order valence-corrected chi connectivity index (χ0v) is 40.0. The van der Waals surface area contributed by atoms with Crippen LogP contribution in [0.25, 0.3) is 33.3 Å². The molecule has 0 saturated heterocycles. The Morgan fingerprint density at radius 3 is 1.40 bits per heavy atom. The van der Waals surface area contributed by atoms with Gasteiger partial charge in [-0.25, -0.2) is 29.1 Å². The van der Waals surface area contributed by atoms with Crippen LogP contribution in [0.15, 0.2) is 156 Å². The quantitative estimate of drug-likeness (QED) is 0.0380. The Kier molecular flexibility index (Phi) is 37.7. The number of phenols is 2. The summed E-state index contributed by atoms with van der Waals surface area (Å²) >= 11 is 0. The second-order valence-corrected chi connectivity index (χ2v) is 14.0. The molecular formula is C53H63N9O19. The van der Waals surface area contributed by atoms with Gasteiger partial charge >= 0.3 is 47.4 Å². The molecule has 0 unspecified atom stereocenters. The lowest BCUT2D eigenvalue weighted by atomic mass is 10.2. The Balaban J connectivity index is -0.000000422. The number of nitro groups is 1. The number of phenolic OH excluding ortho intramolecular Hbond substituents is 2. The molecule has 10 aromatic rings. The van der Waals surface area contributed by atoms with E-state index in [1.807, 2.05) is 44.2 Å². The van der Waals surface area contributed by atoms with E-state index in [1.165, 1.54) is 41.0 Å². The first-order valence-electron chi connectivity index (χ1n) is 20.8. The number of carbonyl (C=O) groups excluding carboxylic acids is 7. The molecular weight excluding hydrogens is 1070 g/mol. The molecule has 434 valence electrons. The summed E-state index contributed by atoms with van der Waals surface area (Å²) in [6.07, 6.45) is 9.92. The van der Waals surface area contributed by atoms with E-state index in [-0.39, 0.29) is 85.4 Å².